The van der Waals surface area contributed by atoms with Gasteiger partial charge >= 0.3 is 0 Å². The predicted molar refractivity (Wildman–Crippen MR) is 73.3 cm³/mol. The highest BCUT2D eigenvalue weighted by atomic mass is 79.9. The summed E-state index contributed by atoms with van der Waals surface area (Å²) >= 11 is 3.52. The van der Waals surface area contributed by atoms with Crippen LogP contribution in [-0.4, -0.2) is 23.9 Å². The van der Waals surface area contributed by atoms with E-state index in [4.69, 9.17) is 0 Å². The van der Waals surface area contributed by atoms with E-state index in [9.17, 15) is 4.79 Å². The van der Waals surface area contributed by atoms with Crippen LogP contribution >= 0.6 is 15.9 Å². The molecule has 0 aliphatic carbocycles. The van der Waals surface area contributed by atoms with Crippen LogP contribution in [-0.2, 0) is 0 Å². The highest BCUT2D eigenvalue weighted by Crippen LogP contribution is 2.23. The molecule has 1 fully saturated rings. The molecule has 1 amide bonds. The summed E-state index contributed by atoms with van der Waals surface area (Å²) in [6, 6.07) is 5.87. The largest absolute Gasteiger partial charge is 0.339 e. The zero-order valence-electron chi connectivity index (χ0n) is 10.2. The van der Waals surface area contributed by atoms with Crippen LogP contribution in [0, 0.1) is 6.92 Å². The fraction of sp³-hybridized carbons (Fsp3) is 0.500. The quantitative estimate of drug-likeness (QED) is 0.772. The van der Waals surface area contributed by atoms with E-state index in [1.54, 1.807) is 0 Å². The van der Waals surface area contributed by atoms with Crippen LogP contribution in [0.2, 0.25) is 0 Å². The zero-order valence-corrected chi connectivity index (χ0v) is 11.8. The van der Waals surface area contributed by atoms with Gasteiger partial charge in [0.05, 0.1) is 5.56 Å². The van der Waals surface area contributed by atoms with Crippen molar-refractivity contribution in [2.75, 3.05) is 13.1 Å². The zero-order chi connectivity index (χ0) is 12.3. The standard InChI is InChI=1S/C14H18BrNO/c1-11-7-6-8-12(13(11)15)14(17)16-9-4-2-3-5-10-16/h6-8H,2-5,9-10H2,1H3. The van der Waals surface area contributed by atoms with Gasteiger partial charge in [-0.2, -0.15) is 0 Å². The molecule has 0 spiro atoms. The first-order valence-corrected chi connectivity index (χ1v) is 7.04. The Bertz CT molecular complexity index is 409. The van der Waals surface area contributed by atoms with Crippen LogP contribution in [0.15, 0.2) is 22.7 Å². The second kappa shape index (κ2) is 5.67. The van der Waals surface area contributed by atoms with Gasteiger partial charge in [0.15, 0.2) is 0 Å². The van der Waals surface area contributed by atoms with Crippen molar-refractivity contribution in [3.05, 3.63) is 33.8 Å². The van der Waals surface area contributed by atoms with Gasteiger partial charge in [0.1, 0.15) is 0 Å². The number of amides is 1. The van der Waals surface area contributed by atoms with Crippen molar-refractivity contribution < 1.29 is 4.79 Å². The third-order valence-electron chi connectivity index (χ3n) is 3.32. The van der Waals surface area contributed by atoms with Gasteiger partial charge < -0.3 is 4.90 Å². The first kappa shape index (κ1) is 12.6. The number of halogens is 1. The lowest BCUT2D eigenvalue weighted by Crippen LogP contribution is -2.32. The highest BCUT2D eigenvalue weighted by molar-refractivity contribution is 9.10. The number of carbonyl (C=O) groups is 1. The van der Waals surface area contributed by atoms with E-state index < -0.39 is 0 Å². The predicted octanol–water partition coefficient (Wildman–Crippen LogP) is 3.77. The number of likely N-dealkylation sites (tertiary alicyclic amines) is 1. The molecule has 2 nitrogen and oxygen atoms in total. The van der Waals surface area contributed by atoms with Crippen LogP contribution in [0.25, 0.3) is 0 Å². The number of hydrogen-bond donors (Lipinski definition) is 0. The number of hydrogen-bond acceptors (Lipinski definition) is 1. The molecular formula is C14H18BrNO. The van der Waals surface area contributed by atoms with Crippen LogP contribution in [0.3, 0.4) is 0 Å². The van der Waals surface area contributed by atoms with E-state index in [0.717, 1.165) is 41.5 Å². The summed E-state index contributed by atoms with van der Waals surface area (Å²) in [7, 11) is 0. The van der Waals surface area contributed by atoms with Crippen molar-refractivity contribution in [1.82, 2.24) is 4.90 Å². The monoisotopic (exact) mass is 295 g/mol. The number of benzene rings is 1. The molecule has 1 heterocycles. The van der Waals surface area contributed by atoms with E-state index in [0.29, 0.717) is 0 Å². The van der Waals surface area contributed by atoms with Crippen molar-refractivity contribution >= 4 is 21.8 Å². The molecule has 0 bridgehead atoms. The molecule has 0 N–H and O–H groups in total. The fourth-order valence-electron chi connectivity index (χ4n) is 2.26. The van der Waals surface area contributed by atoms with Crippen molar-refractivity contribution in [3.63, 3.8) is 0 Å². The third-order valence-corrected chi connectivity index (χ3v) is 4.37. The van der Waals surface area contributed by atoms with Crippen LogP contribution in [0.4, 0.5) is 0 Å². The Balaban J connectivity index is 2.20. The molecule has 1 saturated heterocycles. The molecule has 1 aromatic rings. The first-order valence-electron chi connectivity index (χ1n) is 6.24. The highest BCUT2D eigenvalue weighted by Gasteiger charge is 2.19. The number of carbonyl (C=O) groups excluding carboxylic acids is 1. The molecular weight excluding hydrogens is 278 g/mol. The van der Waals surface area contributed by atoms with Crippen LogP contribution in [0.5, 0.6) is 0 Å². The van der Waals surface area contributed by atoms with E-state index in [1.165, 1.54) is 12.8 Å². The van der Waals surface area contributed by atoms with Gasteiger partial charge in [-0.3, -0.25) is 4.79 Å². The molecule has 2 rings (SSSR count). The van der Waals surface area contributed by atoms with Crippen LogP contribution < -0.4 is 0 Å². The Labute approximate surface area is 111 Å². The Morgan fingerprint density at radius 2 is 1.82 bits per heavy atom. The first-order chi connectivity index (χ1) is 8.20. The second-order valence-electron chi connectivity index (χ2n) is 4.64. The smallest absolute Gasteiger partial charge is 0.255 e. The van der Waals surface area contributed by atoms with Gasteiger partial charge in [0.25, 0.3) is 5.91 Å². The summed E-state index contributed by atoms with van der Waals surface area (Å²) in [6.07, 6.45) is 4.77. The van der Waals surface area contributed by atoms with E-state index in [2.05, 4.69) is 15.9 Å². The Morgan fingerprint density at radius 1 is 1.18 bits per heavy atom. The molecule has 92 valence electrons. The lowest BCUT2D eigenvalue weighted by molar-refractivity contribution is 0.0760. The molecule has 0 unspecified atom stereocenters. The van der Waals surface area contributed by atoms with Crippen molar-refractivity contribution in [3.8, 4) is 0 Å². The summed E-state index contributed by atoms with van der Waals surface area (Å²) in [4.78, 5) is 14.4. The summed E-state index contributed by atoms with van der Waals surface area (Å²) < 4.78 is 0.939. The maximum atomic E-state index is 12.4. The molecule has 1 aliphatic heterocycles. The number of nitrogens with zero attached hydrogens (tertiary/aromatic N) is 1. The molecule has 0 saturated carbocycles. The van der Waals surface area contributed by atoms with Crippen molar-refractivity contribution in [2.45, 2.75) is 32.6 Å². The van der Waals surface area contributed by atoms with Crippen molar-refractivity contribution in [1.29, 1.82) is 0 Å². The minimum Gasteiger partial charge on any atom is -0.339 e. The average Bonchev–Trinajstić information content (AvgIpc) is 2.60. The van der Waals surface area contributed by atoms with Gasteiger partial charge in [-0.15, -0.1) is 0 Å². The Hall–Kier alpha value is -0.830. The molecule has 17 heavy (non-hydrogen) atoms. The molecule has 1 aliphatic rings. The van der Waals surface area contributed by atoms with Gasteiger partial charge in [0, 0.05) is 17.6 Å². The summed E-state index contributed by atoms with van der Waals surface area (Å²) in [5.74, 6) is 0.169. The maximum Gasteiger partial charge on any atom is 0.255 e. The topological polar surface area (TPSA) is 20.3 Å². The lowest BCUT2D eigenvalue weighted by atomic mass is 10.1. The molecule has 3 heteroatoms. The maximum absolute atomic E-state index is 12.4. The molecule has 0 atom stereocenters. The molecule has 0 radical (unpaired) electrons. The number of rotatable bonds is 1. The van der Waals surface area contributed by atoms with E-state index in [1.807, 2.05) is 30.0 Å². The fourth-order valence-corrected chi connectivity index (χ4v) is 2.69. The van der Waals surface area contributed by atoms with Gasteiger partial charge in [-0.1, -0.05) is 25.0 Å². The third kappa shape index (κ3) is 2.89. The SMILES string of the molecule is Cc1cccc(C(=O)N2CCCCCC2)c1Br. The second-order valence-corrected chi connectivity index (χ2v) is 5.44. The molecule has 1 aromatic carbocycles. The minimum atomic E-state index is 0.169. The average molecular weight is 296 g/mol. The van der Waals surface area contributed by atoms with Gasteiger partial charge in [-0.05, 0) is 47.3 Å². The summed E-state index contributed by atoms with van der Waals surface area (Å²) in [5.41, 5.74) is 1.91. The van der Waals surface area contributed by atoms with Crippen molar-refractivity contribution in [2.24, 2.45) is 0 Å². The van der Waals surface area contributed by atoms with Gasteiger partial charge in [-0.25, -0.2) is 0 Å². The Kier molecular flexibility index (Phi) is 4.21. The Morgan fingerprint density at radius 3 is 2.47 bits per heavy atom. The van der Waals surface area contributed by atoms with E-state index >= 15 is 0 Å². The van der Waals surface area contributed by atoms with E-state index in [-0.39, 0.29) is 5.91 Å². The van der Waals surface area contributed by atoms with Gasteiger partial charge in [0.2, 0.25) is 0 Å². The molecule has 0 aromatic heterocycles. The van der Waals surface area contributed by atoms with Crippen LogP contribution in [0.1, 0.15) is 41.6 Å². The summed E-state index contributed by atoms with van der Waals surface area (Å²) in [6.45, 7) is 3.82. The lowest BCUT2D eigenvalue weighted by Gasteiger charge is -2.21. The number of aryl methyl sites for hydroxylation is 1. The summed E-state index contributed by atoms with van der Waals surface area (Å²) in [5, 5.41) is 0. The normalized spacial score (nSPS) is 16.7. The minimum absolute atomic E-state index is 0.169.